The monoisotopic (exact) mass is 335 g/mol. The van der Waals surface area contributed by atoms with Crippen molar-refractivity contribution < 1.29 is 9.53 Å². The van der Waals surface area contributed by atoms with Crippen molar-refractivity contribution in [3.05, 3.63) is 70.6 Å². The zero-order valence-corrected chi connectivity index (χ0v) is 13.5. The molecule has 1 fully saturated rings. The third-order valence-electron chi connectivity index (χ3n) is 4.32. The number of fused-ring (bicyclic) bond motifs is 1. The number of ether oxygens (including phenoxy) is 1. The highest BCUT2D eigenvalue weighted by Gasteiger charge is 2.28. The maximum absolute atomic E-state index is 12.5. The summed E-state index contributed by atoms with van der Waals surface area (Å²) in [6.45, 7) is 1.13. The van der Waals surface area contributed by atoms with Gasteiger partial charge in [0.1, 0.15) is 6.10 Å². The van der Waals surface area contributed by atoms with Crippen LogP contribution in [-0.2, 0) is 0 Å². The molecule has 1 aliphatic heterocycles. The molecule has 6 nitrogen and oxygen atoms in total. The number of aromatic amines is 1. The fraction of sp³-hybridized carbons (Fsp3) is 0.211. The van der Waals surface area contributed by atoms with E-state index in [1.807, 2.05) is 36.4 Å². The van der Waals surface area contributed by atoms with E-state index in [4.69, 9.17) is 4.74 Å². The number of aromatic nitrogens is 2. The second kappa shape index (κ2) is 6.39. The van der Waals surface area contributed by atoms with Crippen LogP contribution < -0.4 is 10.3 Å². The average molecular weight is 335 g/mol. The van der Waals surface area contributed by atoms with Crippen LogP contribution in [0, 0.1) is 0 Å². The molecule has 4 rings (SSSR count). The van der Waals surface area contributed by atoms with Gasteiger partial charge in [-0.25, -0.2) is 4.98 Å². The predicted octanol–water partition coefficient (Wildman–Crippen LogP) is 2.22. The number of rotatable bonds is 3. The third kappa shape index (κ3) is 3.24. The number of hydrogen-bond donors (Lipinski definition) is 1. The van der Waals surface area contributed by atoms with Crippen molar-refractivity contribution in [1.29, 1.82) is 0 Å². The van der Waals surface area contributed by atoms with Gasteiger partial charge in [-0.15, -0.1) is 0 Å². The van der Waals surface area contributed by atoms with Crippen molar-refractivity contribution in [2.45, 2.75) is 12.5 Å². The Hall–Kier alpha value is -3.15. The number of H-pyrrole nitrogens is 1. The van der Waals surface area contributed by atoms with Gasteiger partial charge in [-0.1, -0.05) is 18.2 Å². The summed E-state index contributed by atoms with van der Waals surface area (Å²) < 4.78 is 5.96. The van der Waals surface area contributed by atoms with Gasteiger partial charge in [0, 0.05) is 36.7 Å². The molecule has 1 saturated heterocycles. The molecule has 1 aromatic carbocycles. The maximum atomic E-state index is 12.5. The average Bonchev–Trinajstić information content (AvgIpc) is 3.10. The molecule has 1 unspecified atom stereocenters. The van der Waals surface area contributed by atoms with Crippen molar-refractivity contribution in [2.75, 3.05) is 13.1 Å². The van der Waals surface area contributed by atoms with E-state index >= 15 is 0 Å². The zero-order chi connectivity index (χ0) is 17.2. The Bertz CT molecular complexity index is 962. The molecular weight excluding hydrogens is 318 g/mol. The summed E-state index contributed by atoms with van der Waals surface area (Å²) in [5.41, 5.74) is 1.14. The van der Waals surface area contributed by atoms with Crippen molar-refractivity contribution in [1.82, 2.24) is 14.9 Å². The molecule has 1 atom stereocenters. The molecule has 0 aliphatic carbocycles. The van der Waals surface area contributed by atoms with Crippen molar-refractivity contribution in [2.24, 2.45) is 0 Å². The standard InChI is InChI=1S/C19H17N3O3/c23-17-7-5-14(11-20-17)19(24)22-10-9-15(12-22)25-18-8-6-13-3-1-2-4-16(13)21-18/h1-8,11,15H,9-10,12H2,(H,20,23). The van der Waals surface area contributed by atoms with E-state index < -0.39 is 0 Å². The molecule has 0 saturated carbocycles. The molecule has 1 aliphatic rings. The number of pyridine rings is 2. The van der Waals surface area contributed by atoms with Crippen LogP contribution >= 0.6 is 0 Å². The smallest absolute Gasteiger partial charge is 0.255 e. The SMILES string of the molecule is O=C(c1ccc(=O)[nH]c1)N1CCC(Oc2ccc3ccccc3n2)C1. The maximum Gasteiger partial charge on any atom is 0.255 e. The molecule has 6 heteroatoms. The van der Waals surface area contributed by atoms with E-state index in [1.165, 1.54) is 12.3 Å². The Kier molecular flexibility index (Phi) is 3.93. The molecular formula is C19H17N3O3. The topological polar surface area (TPSA) is 75.3 Å². The molecule has 0 bridgehead atoms. The van der Waals surface area contributed by atoms with E-state index in [2.05, 4.69) is 9.97 Å². The summed E-state index contributed by atoms with van der Waals surface area (Å²) in [4.78, 5) is 32.3. The first-order valence-corrected chi connectivity index (χ1v) is 8.19. The molecule has 1 amide bonds. The molecule has 0 radical (unpaired) electrons. The lowest BCUT2D eigenvalue weighted by Gasteiger charge is -2.17. The summed E-state index contributed by atoms with van der Waals surface area (Å²) in [5, 5.41) is 1.07. The van der Waals surface area contributed by atoms with Crippen LogP contribution in [0.15, 0.2) is 59.5 Å². The number of para-hydroxylation sites is 1. The molecule has 2 aromatic heterocycles. The highest BCUT2D eigenvalue weighted by Crippen LogP contribution is 2.21. The Labute approximate surface area is 144 Å². The van der Waals surface area contributed by atoms with Crippen LogP contribution in [0.1, 0.15) is 16.8 Å². The van der Waals surface area contributed by atoms with Crippen LogP contribution in [0.4, 0.5) is 0 Å². The van der Waals surface area contributed by atoms with Gasteiger partial charge in [0.2, 0.25) is 11.4 Å². The van der Waals surface area contributed by atoms with E-state index in [-0.39, 0.29) is 17.6 Å². The lowest BCUT2D eigenvalue weighted by Crippen LogP contribution is -2.31. The van der Waals surface area contributed by atoms with Crippen molar-refractivity contribution >= 4 is 16.8 Å². The van der Waals surface area contributed by atoms with Gasteiger partial charge in [-0.05, 0) is 18.2 Å². The number of likely N-dealkylation sites (tertiary alicyclic amines) is 1. The highest BCUT2D eigenvalue weighted by molar-refractivity contribution is 5.94. The Balaban J connectivity index is 1.44. The number of carbonyl (C=O) groups is 1. The van der Waals surface area contributed by atoms with E-state index in [0.29, 0.717) is 24.5 Å². The number of nitrogens with zero attached hydrogens (tertiary/aromatic N) is 2. The van der Waals surface area contributed by atoms with Crippen molar-refractivity contribution in [3.8, 4) is 5.88 Å². The quantitative estimate of drug-likeness (QED) is 0.796. The minimum atomic E-state index is -0.221. The lowest BCUT2D eigenvalue weighted by molar-refractivity contribution is 0.0771. The van der Waals surface area contributed by atoms with Gasteiger partial charge in [0.15, 0.2) is 0 Å². The van der Waals surface area contributed by atoms with E-state index in [9.17, 15) is 9.59 Å². The number of hydrogen-bond acceptors (Lipinski definition) is 4. The second-order valence-electron chi connectivity index (χ2n) is 6.06. The van der Waals surface area contributed by atoms with Crippen LogP contribution in [-0.4, -0.2) is 40.0 Å². The van der Waals surface area contributed by atoms with Gasteiger partial charge in [0.05, 0.1) is 17.6 Å². The molecule has 3 aromatic rings. The number of nitrogens with one attached hydrogen (secondary N) is 1. The summed E-state index contributed by atoms with van der Waals surface area (Å²) in [5.74, 6) is 0.468. The summed E-state index contributed by atoms with van der Waals surface area (Å²) in [6, 6.07) is 14.6. The Morgan fingerprint density at radius 1 is 1.16 bits per heavy atom. The minimum Gasteiger partial charge on any atom is -0.472 e. The fourth-order valence-corrected chi connectivity index (χ4v) is 3.02. The number of benzene rings is 1. The zero-order valence-electron chi connectivity index (χ0n) is 13.5. The predicted molar refractivity (Wildman–Crippen MR) is 93.7 cm³/mol. The first-order valence-electron chi connectivity index (χ1n) is 8.19. The lowest BCUT2D eigenvalue weighted by atomic mass is 10.2. The normalized spacial score (nSPS) is 17.0. The molecule has 0 spiro atoms. The van der Waals surface area contributed by atoms with Crippen LogP contribution in [0.5, 0.6) is 5.88 Å². The largest absolute Gasteiger partial charge is 0.472 e. The van der Waals surface area contributed by atoms with Gasteiger partial charge in [-0.2, -0.15) is 0 Å². The van der Waals surface area contributed by atoms with Gasteiger partial charge in [-0.3, -0.25) is 9.59 Å². The van der Waals surface area contributed by atoms with E-state index in [0.717, 1.165) is 17.3 Å². The molecule has 126 valence electrons. The summed E-state index contributed by atoms with van der Waals surface area (Å²) in [7, 11) is 0. The molecule has 1 N–H and O–H groups in total. The first kappa shape index (κ1) is 15.4. The molecule has 25 heavy (non-hydrogen) atoms. The van der Waals surface area contributed by atoms with Crippen molar-refractivity contribution in [3.63, 3.8) is 0 Å². The van der Waals surface area contributed by atoms with E-state index in [1.54, 1.807) is 11.0 Å². The van der Waals surface area contributed by atoms with Crippen LogP contribution in [0.25, 0.3) is 10.9 Å². The third-order valence-corrected chi connectivity index (χ3v) is 4.32. The first-order chi connectivity index (χ1) is 12.2. The van der Waals surface area contributed by atoms with Crippen LogP contribution in [0.3, 0.4) is 0 Å². The Morgan fingerprint density at radius 2 is 2.04 bits per heavy atom. The minimum absolute atomic E-state index is 0.0830. The van der Waals surface area contributed by atoms with Gasteiger partial charge < -0.3 is 14.6 Å². The summed E-state index contributed by atoms with van der Waals surface area (Å²) in [6.07, 6.45) is 2.12. The fourth-order valence-electron chi connectivity index (χ4n) is 3.02. The highest BCUT2D eigenvalue weighted by atomic mass is 16.5. The second-order valence-corrected chi connectivity index (χ2v) is 6.06. The molecule has 3 heterocycles. The summed E-state index contributed by atoms with van der Waals surface area (Å²) >= 11 is 0. The van der Waals surface area contributed by atoms with Gasteiger partial charge in [0.25, 0.3) is 5.91 Å². The number of amides is 1. The van der Waals surface area contributed by atoms with Gasteiger partial charge >= 0.3 is 0 Å². The number of carbonyl (C=O) groups excluding carboxylic acids is 1. The Morgan fingerprint density at radius 3 is 2.88 bits per heavy atom. The van der Waals surface area contributed by atoms with Crippen LogP contribution in [0.2, 0.25) is 0 Å².